The van der Waals surface area contributed by atoms with E-state index in [-0.39, 0.29) is 18.0 Å². The highest BCUT2D eigenvalue weighted by Crippen LogP contribution is 2.21. The van der Waals surface area contributed by atoms with E-state index in [4.69, 9.17) is 4.42 Å². The number of carbonyl (C=O) groups is 1. The number of aryl methyl sites for hydroxylation is 4. The Labute approximate surface area is 152 Å². The summed E-state index contributed by atoms with van der Waals surface area (Å²) >= 11 is 0. The number of rotatable bonds is 4. The zero-order valence-electron chi connectivity index (χ0n) is 15.6. The summed E-state index contributed by atoms with van der Waals surface area (Å²) in [5, 5.41) is 3.82. The Morgan fingerprint density at radius 1 is 0.962 bits per heavy atom. The van der Waals surface area contributed by atoms with Crippen LogP contribution in [-0.4, -0.2) is 5.91 Å². The first kappa shape index (κ1) is 17.9. The number of fused-ring (bicyclic) bond motifs is 1. The van der Waals surface area contributed by atoms with E-state index in [9.17, 15) is 9.59 Å². The third kappa shape index (κ3) is 3.85. The fourth-order valence-electron chi connectivity index (χ4n) is 3.30. The lowest BCUT2D eigenvalue weighted by Crippen LogP contribution is -2.16. The summed E-state index contributed by atoms with van der Waals surface area (Å²) in [6.07, 6.45) is 0.588. The van der Waals surface area contributed by atoms with E-state index >= 15 is 0 Å². The number of hydrogen-bond acceptors (Lipinski definition) is 3. The second-order valence-electron chi connectivity index (χ2n) is 6.92. The quantitative estimate of drug-likeness (QED) is 0.700. The van der Waals surface area contributed by atoms with Crippen LogP contribution in [0.25, 0.3) is 11.0 Å². The van der Waals surface area contributed by atoms with Gasteiger partial charge in [-0.2, -0.15) is 0 Å². The van der Waals surface area contributed by atoms with Crippen molar-refractivity contribution < 1.29 is 9.21 Å². The lowest BCUT2D eigenvalue weighted by Gasteiger charge is -2.10. The summed E-state index contributed by atoms with van der Waals surface area (Å²) in [6, 6.07) is 11.7. The van der Waals surface area contributed by atoms with Crippen molar-refractivity contribution in [2.45, 2.75) is 40.5 Å². The van der Waals surface area contributed by atoms with Crippen molar-refractivity contribution in [3.63, 3.8) is 0 Å². The molecule has 0 radical (unpaired) electrons. The molecule has 0 aliphatic carbocycles. The molecule has 0 unspecified atom stereocenters. The molecule has 0 saturated carbocycles. The Kier molecular flexibility index (Phi) is 4.94. The average molecular weight is 349 g/mol. The van der Waals surface area contributed by atoms with Crippen LogP contribution in [0.4, 0.5) is 5.69 Å². The molecule has 0 aliphatic heterocycles. The van der Waals surface area contributed by atoms with E-state index in [0.717, 1.165) is 33.3 Å². The minimum atomic E-state index is -0.361. The molecule has 3 aromatic rings. The van der Waals surface area contributed by atoms with Gasteiger partial charge in [0.15, 0.2) is 0 Å². The zero-order chi connectivity index (χ0) is 18.8. The van der Waals surface area contributed by atoms with Gasteiger partial charge in [-0.05, 0) is 74.6 Å². The van der Waals surface area contributed by atoms with Crippen LogP contribution in [0.15, 0.2) is 45.6 Å². The molecule has 1 amide bonds. The summed E-state index contributed by atoms with van der Waals surface area (Å²) < 4.78 is 5.45. The number of carbonyl (C=O) groups excluding carboxylic acids is 1. The molecule has 0 fully saturated rings. The third-order valence-corrected chi connectivity index (χ3v) is 4.55. The van der Waals surface area contributed by atoms with Crippen LogP contribution < -0.4 is 10.9 Å². The summed E-state index contributed by atoms with van der Waals surface area (Å²) in [6.45, 7) is 7.85. The molecule has 0 aliphatic rings. The van der Waals surface area contributed by atoms with Gasteiger partial charge in [0.05, 0.1) is 0 Å². The van der Waals surface area contributed by atoms with Gasteiger partial charge < -0.3 is 9.73 Å². The van der Waals surface area contributed by atoms with Crippen molar-refractivity contribution >= 4 is 22.6 Å². The second kappa shape index (κ2) is 7.16. The largest absolute Gasteiger partial charge is 0.423 e. The van der Waals surface area contributed by atoms with Crippen LogP contribution in [0.2, 0.25) is 0 Å². The van der Waals surface area contributed by atoms with Crippen molar-refractivity contribution in [1.82, 2.24) is 0 Å². The number of hydrogen-bond donors (Lipinski definition) is 1. The minimum absolute atomic E-state index is 0.113. The normalized spacial score (nSPS) is 10.9. The molecule has 4 nitrogen and oxygen atoms in total. The van der Waals surface area contributed by atoms with Crippen LogP contribution in [-0.2, 0) is 11.2 Å². The average Bonchev–Trinajstić information content (AvgIpc) is 2.53. The molecule has 3 rings (SSSR count). The summed E-state index contributed by atoms with van der Waals surface area (Å²) in [5.74, 6) is -0.113. The van der Waals surface area contributed by atoms with Crippen LogP contribution in [0.1, 0.15) is 34.2 Å². The third-order valence-electron chi connectivity index (χ3n) is 4.55. The molecule has 134 valence electrons. The van der Waals surface area contributed by atoms with Gasteiger partial charge in [-0.15, -0.1) is 0 Å². The highest BCUT2D eigenvalue weighted by molar-refractivity contribution is 5.91. The van der Waals surface area contributed by atoms with Gasteiger partial charge in [-0.25, -0.2) is 4.79 Å². The van der Waals surface area contributed by atoms with Gasteiger partial charge in [0.25, 0.3) is 0 Å². The molecule has 1 heterocycles. The Balaban J connectivity index is 1.78. The Hall–Kier alpha value is -2.88. The number of anilines is 1. The SMILES string of the molecule is Cc1cc(C)cc(NC(=O)CCc2c(C)c3ccc(C)cc3oc2=O)c1. The molecule has 0 bridgehead atoms. The molecule has 0 spiro atoms. The van der Waals surface area contributed by atoms with Crippen LogP contribution >= 0.6 is 0 Å². The molecule has 0 atom stereocenters. The van der Waals surface area contributed by atoms with Gasteiger partial charge in [-0.1, -0.05) is 18.2 Å². The van der Waals surface area contributed by atoms with E-state index in [1.54, 1.807) is 0 Å². The first-order valence-electron chi connectivity index (χ1n) is 8.74. The maximum atomic E-state index is 12.3. The summed E-state index contributed by atoms with van der Waals surface area (Å²) in [4.78, 5) is 24.6. The predicted molar refractivity (Wildman–Crippen MR) is 105 cm³/mol. The van der Waals surface area contributed by atoms with Crippen molar-refractivity contribution in [3.05, 3.63) is 74.6 Å². The maximum Gasteiger partial charge on any atom is 0.339 e. The zero-order valence-corrected chi connectivity index (χ0v) is 15.6. The van der Waals surface area contributed by atoms with E-state index in [0.29, 0.717) is 17.6 Å². The predicted octanol–water partition coefficient (Wildman–Crippen LogP) is 4.60. The lowest BCUT2D eigenvalue weighted by atomic mass is 10.0. The monoisotopic (exact) mass is 349 g/mol. The van der Waals surface area contributed by atoms with E-state index in [1.165, 1.54) is 0 Å². The van der Waals surface area contributed by atoms with Gasteiger partial charge >= 0.3 is 5.63 Å². The van der Waals surface area contributed by atoms with E-state index in [2.05, 4.69) is 11.4 Å². The fourth-order valence-corrected chi connectivity index (χ4v) is 3.30. The maximum absolute atomic E-state index is 12.3. The molecular weight excluding hydrogens is 326 g/mol. The summed E-state index contributed by atoms with van der Waals surface area (Å²) in [7, 11) is 0. The first-order valence-corrected chi connectivity index (χ1v) is 8.74. The van der Waals surface area contributed by atoms with Crippen molar-refractivity contribution in [3.8, 4) is 0 Å². The first-order chi connectivity index (χ1) is 12.3. The van der Waals surface area contributed by atoms with Crippen LogP contribution in [0.5, 0.6) is 0 Å². The number of amides is 1. The lowest BCUT2D eigenvalue weighted by molar-refractivity contribution is -0.116. The van der Waals surface area contributed by atoms with Gasteiger partial charge in [-0.3, -0.25) is 4.79 Å². The highest BCUT2D eigenvalue weighted by Gasteiger charge is 2.13. The van der Waals surface area contributed by atoms with Crippen LogP contribution in [0.3, 0.4) is 0 Å². The molecule has 2 aromatic carbocycles. The second-order valence-corrected chi connectivity index (χ2v) is 6.92. The molecule has 0 saturated heterocycles. The standard InChI is InChI=1S/C22H23NO3/c1-13-5-6-18-16(4)19(22(25)26-20(18)12-13)7-8-21(24)23-17-10-14(2)9-15(3)11-17/h5-6,9-12H,7-8H2,1-4H3,(H,23,24). The molecule has 26 heavy (non-hydrogen) atoms. The number of benzene rings is 2. The topological polar surface area (TPSA) is 59.3 Å². The fraction of sp³-hybridized carbons (Fsp3) is 0.273. The van der Waals surface area contributed by atoms with Crippen LogP contribution in [0, 0.1) is 27.7 Å². The van der Waals surface area contributed by atoms with Crippen molar-refractivity contribution in [1.29, 1.82) is 0 Å². The van der Waals surface area contributed by atoms with Crippen molar-refractivity contribution in [2.75, 3.05) is 5.32 Å². The Bertz CT molecular complexity index is 1030. The molecule has 4 heteroatoms. The minimum Gasteiger partial charge on any atom is -0.423 e. The van der Waals surface area contributed by atoms with E-state index in [1.807, 2.05) is 58.0 Å². The van der Waals surface area contributed by atoms with Gasteiger partial charge in [0.1, 0.15) is 5.58 Å². The molecule has 1 aromatic heterocycles. The molecule has 1 N–H and O–H groups in total. The van der Waals surface area contributed by atoms with E-state index < -0.39 is 0 Å². The highest BCUT2D eigenvalue weighted by atomic mass is 16.4. The summed E-state index contributed by atoms with van der Waals surface area (Å²) in [5.41, 5.74) is 5.71. The van der Waals surface area contributed by atoms with Gasteiger partial charge in [0, 0.05) is 23.1 Å². The Morgan fingerprint density at radius 2 is 1.65 bits per heavy atom. The smallest absolute Gasteiger partial charge is 0.339 e. The Morgan fingerprint density at radius 3 is 2.35 bits per heavy atom. The van der Waals surface area contributed by atoms with Crippen molar-refractivity contribution in [2.24, 2.45) is 0 Å². The number of nitrogens with one attached hydrogen (secondary N) is 1. The molecular formula is C22H23NO3. The van der Waals surface area contributed by atoms with Gasteiger partial charge in [0.2, 0.25) is 5.91 Å².